The van der Waals surface area contributed by atoms with E-state index in [0.29, 0.717) is 11.3 Å². The van der Waals surface area contributed by atoms with Crippen molar-refractivity contribution in [3.05, 3.63) is 90.2 Å². The highest BCUT2D eigenvalue weighted by molar-refractivity contribution is 6.04. The Kier molecular flexibility index (Phi) is 7.10. The van der Waals surface area contributed by atoms with Crippen molar-refractivity contribution in [1.82, 2.24) is 5.32 Å². The summed E-state index contributed by atoms with van der Waals surface area (Å²) in [6.45, 7) is 0. The van der Waals surface area contributed by atoms with Crippen molar-refractivity contribution in [2.75, 3.05) is 5.32 Å². The number of furan rings is 1. The van der Waals surface area contributed by atoms with E-state index >= 15 is 0 Å². The van der Waals surface area contributed by atoms with Gasteiger partial charge in [-0.05, 0) is 53.9 Å². The Balaban J connectivity index is 1.39. The van der Waals surface area contributed by atoms with Gasteiger partial charge < -0.3 is 25.3 Å². The topological polar surface area (TPSA) is 146 Å². The fourth-order valence-electron chi connectivity index (χ4n) is 3.61. The van der Waals surface area contributed by atoms with Gasteiger partial charge in [0.1, 0.15) is 11.6 Å². The predicted octanol–water partition coefficient (Wildman–Crippen LogP) is 4.40. The SMILES string of the molecule is O=C(O)CC[C@H](NC(=O)c1ccc(-c2ccc(NC(=O)c3cc4ccccc4o3)cc2)cc1)C(=O)O. The Morgan fingerprint density at radius 3 is 2.06 bits per heavy atom. The zero-order chi connectivity index (χ0) is 25.7. The van der Waals surface area contributed by atoms with Crippen LogP contribution in [-0.2, 0) is 9.59 Å². The van der Waals surface area contributed by atoms with Crippen LogP contribution in [0.4, 0.5) is 5.69 Å². The Morgan fingerprint density at radius 1 is 0.806 bits per heavy atom. The maximum Gasteiger partial charge on any atom is 0.326 e. The first kappa shape index (κ1) is 24.2. The Hall–Kier alpha value is -4.92. The fraction of sp³-hybridized carbons (Fsp3) is 0.111. The molecule has 9 heteroatoms. The smallest absolute Gasteiger partial charge is 0.326 e. The molecule has 0 saturated carbocycles. The van der Waals surface area contributed by atoms with Gasteiger partial charge >= 0.3 is 11.9 Å². The Labute approximate surface area is 205 Å². The van der Waals surface area contributed by atoms with Crippen LogP contribution in [0, 0.1) is 0 Å². The molecule has 0 fully saturated rings. The molecule has 0 radical (unpaired) electrons. The van der Waals surface area contributed by atoms with E-state index in [9.17, 15) is 24.3 Å². The second-order valence-electron chi connectivity index (χ2n) is 8.05. The summed E-state index contributed by atoms with van der Waals surface area (Å²) in [5.74, 6) is -3.20. The number of carbonyl (C=O) groups excluding carboxylic acids is 2. The second kappa shape index (κ2) is 10.6. The normalized spacial score (nSPS) is 11.6. The molecule has 9 nitrogen and oxygen atoms in total. The lowest BCUT2D eigenvalue weighted by molar-refractivity contribution is -0.140. The van der Waals surface area contributed by atoms with Crippen LogP contribution in [-0.4, -0.2) is 40.0 Å². The molecule has 182 valence electrons. The molecule has 2 amide bonds. The van der Waals surface area contributed by atoms with E-state index in [1.54, 1.807) is 48.5 Å². The summed E-state index contributed by atoms with van der Waals surface area (Å²) < 4.78 is 5.58. The molecule has 4 aromatic rings. The minimum absolute atomic E-state index is 0.210. The number of rotatable bonds is 9. The van der Waals surface area contributed by atoms with E-state index in [1.165, 1.54) is 0 Å². The summed E-state index contributed by atoms with van der Waals surface area (Å²) in [5.41, 5.74) is 3.11. The van der Waals surface area contributed by atoms with Crippen molar-refractivity contribution in [2.24, 2.45) is 0 Å². The molecule has 4 rings (SSSR count). The largest absolute Gasteiger partial charge is 0.481 e. The highest BCUT2D eigenvalue weighted by Gasteiger charge is 2.21. The van der Waals surface area contributed by atoms with Gasteiger partial charge in [0.25, 0.3) is 11.8 Å². The molecular weight excluding hydrogens is 464 g/mol. The third-order valence-electron chi connectivity index (χ3n) is 5.52. The number of benzene rings is 3. The summed E-state index contributed by atoms with van der Waals surface area (Å²) in [6, 6.07) is 21.4. The van der Waals surface area contributed by atoms with Gasteiger partial charge in [0.05, 0.1) is 0 Å². The summed E-state index contributed by atoms with van der Waals surface area (Å²) in [7, 11) is 0. The Bertz CT molecular complexity index is 1390. The third kappa shape index (κ3) is 5.76. The van der Waals surface area contributed by atoms with Crippen molar-refractivity contribution in [3.63, 3.8) is 0 Å². The summed E-state index contributed by atoms with van der Waals surface area (Å²) in [5, 5.41) is 23.9. The molecule has 0 bridgehead atoms. The Morgan fingerprint density at radius 2 is 1.44 bits per heavy atom. The maximum absolute atomic E-state index is 12.5. The van der Waals surface area contributed by atoms with Gasteiger partial charge in [0.2, 0.25) is 0 Å². The number of nitrogens with one attached hydrogen (secondary N) is 2. The minimum Gasteiger partial charge on any atom is -0.481 e. The standard InChI is InChI=1S/C27H22N2O7/c30-24(31)14-13-21(27(34)35)29-25(32)18-7-5-16(6-8-18)17-9-11-20(12-10-17)28-26(33)23-15-19-3-1-2-4-22(19)36-23/h1-12,15,21H,13-14H2,(H,28,33)(H,29,32)(H,30,31)(H,34,35)/t21-/m0/s1. The number of carboxylic acid groups (broad SMARTS) is 2. The van der Waals surface area contributed by atoms with Gasteiger partial charge in [-0.15, -0.1) is 0 Å². The number of aliphatic carboxylic acids is 2. The van der Waals surface area contributed by atoms with Gasteiger partial charge in [0.15, 0.2) is 5.76 Å². The van der Waals surface area contributed by atoms with E-state index in [1.807, 2.05) is 30.3 Å². The van der Waals surface area contributed by atoms with E-state index in [-0.39, 0.29) is 30.1 Å². The number of amides is 2. The summed E-state index contributed by atoms with van der Waals surface area (Å²) in [4.78, 5) is 46.9. The van der Waals surface area contributed by atoms with Crippen molar-refractivity contribution in [3.8, 4) is 11.1 Å². The van der Waals surface area contributed by atoms with E-state index in [2.05, 4.69) is 10.6 Å². The van der Waals surface area contributed by atoms with Gasteiger partial charge in [-0.1, -0.05) is 42.5 Å². The van der Waals surface area contributed by atoms with E-state index in [4.69, 9.17) is 9.52 Å². The summed E-state index contributed by atoms with van der Waals surface area (Å²) in [6.07, 6.45) is -0.585. The van der Waals surface area contributed by atoms with Crippen LogP contribution in [0.3, 0.4) is 0 Å². The quantitative estimate of drug-likeness (QED) is 0.274. The molecule has 3 aromatic carbocycles. The number of carboxylic acids is 2. The van der Waals surface area contributed by atoms with E-state index in [0.717, 1.165) is 16.5 Å². The highest BCUT2D eigenvalue weighted by Crippen LogP contribution is 2.24. The maximum atomic E-state index is 12.5. The van der Waals surface area contributed by atoms with Crippen molar-refractivity contribution in [2.45, 2.75) is 18.9 Å². The van der Waals surface area contributed by atoms with Crippen LogP contribution in [0.2, 0.25) is 0 Å². The lowest BCUT2D eigenvalue weighted by Gasteiger charge is -2.13. The first-order valence-corrected chi connectivity index (χ1v) is 11.1. The molecule has 1 heterocycles. The van der Waals surface area contributed by atoms with Crippen LogP contribution in [0.15, 0.2) is 83.3 Å². The molecule has 1 atom stereocenters. The predicted molar refractivity (Wildman–Crippen MR) is 132 cm³/mol. The van der Waals surface area contributed by atoms with Crippen molar-refractivity contribution < 1.29 is 33.8 Å². The first-order valence-electron chi connectivity index (χ1n) is 11.1. The number of hydrogen-bond donors (Lipinski definition) is 4. The molecule has 4 N–H and O–H groups in total. The average Bonchev–Trinajstić information content (AvgIpc) is 3.31. The minimum atomic E-state index is -1.30. The molecule has 0 aliphatic heterocycles. The number of anilines is 1. The summed E-state index contributed by atoms with van der Waals surface area (Å²) >= 11 is 0. The van der Waals surface area contributed by atoms with Crippen LogP contribution >= 0.6 is 0 Å². The number of para-hydroxylation sites is 1. The number of hydrogen-bond acceptors (Lipinski definition) is 5. The van der Waals surface area contributed by atoms with E-state index < -0.39 is 23.9 Å². The van der Waals surface area contributed by atoms with Gasteiger partial charge in [-0.2, -0.15) is 0 Å². The lowest BCUT2D eigenvalue weighted by Crippen LogP contribution is -2.41. The second-order valence-corrected chi connectivity index (χ2v) is 8.05. The molecule has 1 aromatic heterocycles. The zero-order valence-corrected chi connectivity index (χ0v) is 18.9. The third-order valence-corrected chi connectivity index (χ3v) is 5.52. The van der Waals surface area contributed by atoms with Gasteiger partial charge in [0, 0.05) is 23.1 Å². The lowest BCUT2D eigenvalue weighted by atomic mass is 10.0. The van der Waals surface area contributed by atoms with Crippen LogP contribution in [0.25, 0.3) is 22.1 Å². The number of carbonyl (C=O) groups is 4. The molecule has 0 spiro atoms. The molecule has 0 unspecified atom stereocenters. The van der Waals surface area contributed by atoms with Crippen LogP contribution < -0.4 is 10.6 Å². The van der Waals surface area contributed by atoms with Crippen LogP contribution in [0.5, 0.6) is 0 Å². The van der Waals surface area contributed by atoms with Crippen LogP contribution in [0.1, 0.15) is 33.8 Å². The highest BCUT2D eigenvalue weighted by atomic mass is 16.4. The van der Waals surface area contributed by atoms with Gasteiger partial charge in [-0.25, -0.2) is 4.79 Å². The first-order chi connectivity index (χ1) is 17.3. The van der Waals surface area contributed by atoms with Gasteiger partial charge in [-0.3, -0.25) is 14.4 Å². The molecular formula is C27H22N2O7. The molecule has 36 heavy (non-hydrogen) atoms. The van der Waals surface area contributed by atoms with Crippen molar-refractivity contribution >= 4 is 40.4 Å². The zero-order valence-electron chi connectivity index (χ0n) is 18.9. The molecule has 0 aliphatic carbocycles. The van der Waals surface area contributed by atoms with Crippen molar-refractivity contribution in [1.29, 1.82) is 0 Å². The fourth-order valence-corrected chi connectivity index (χ4v) is 3.61. The molecule has 0 aliphatic rings. The number of fused-ring (bicyclic) bond motifs is 1. The monoisotopic (exact) mass is 486 g/mol. The molecule has 0 saturated heterocycles. The average molecular weight is 486 g/mol.